The SMILES string of the molecule is CCC1=CC=CC1.CCC1=CCC=C1.CCC1CCCC1.CCC1CCCC1.CCC1CCCCC1.CCC1CCCCC1.CCC1CCCCC1.CCC1COC(=O)O1.CCC1COC(C)(C)O1.CCC1OCCO1. The molecule has 0 N–H and O–H groups in total. The van der Waals surface area contributed by atoms with Crippen LogP contribution in [0.5, 0.6) is 0 Å². The Morgan fingerprint density at radius 2 is 0.908 bits per heavy atom. The van der Waals surface area contributed by atoms with Crippen molar-refractivity contribution in [1.82, 2.24) is 0 Å². The maximum atomic E-state index is 10.2. The normalized spacial score (nSPS) is 24.0. The van der Waals surface area contributed by atoms with Gasteiger partial charge in [0.05, 0.1) is 25.9 Å². The van der Waals surface area contributed by atoms with E-state index >= 15 is 0 Å². The van der Waals surface area contributed by atoms with Crippen molar-refractivity contribution >= 4 is 6.16 Å². The van der Waals surface area contributed by atoms with Gasteiger partial charge in [-0.1, -0.05) is 297 Å². The number of cyclic esters (lactones) is 2. The quantitative estimate of drug-likeness (QED) is 0.202. The first-order valence-electron chi connectivity index (χ1n) is 33.0. The fourth-order valence-electron chi connectivity index (χ4n) is 11.3. The Bertz CT molecular complexity index is 1330. The van der Waals surface area contributed by atoms with Crippen LogP contribution in [0.1, 0.15) is 308 Å². The second-order valence-corrected chi connectivity index (χ2v) is 23.6. The maximum absolute atomic E-state index is 10.2. The van der Waals surface area contributed by atoms with Crippen LogP contribution in [0.25, 0.3) is 0 Å². The topological polar surface area (TPSA) is 72.5 Å². The minimum atomic E-state index is -0.531. The van der Waals surface area contributed by atoms with E-state index in [1.807, 2.05) is 20.8 Å². The Hall–Kier alpha value is -1.93. The highest BCUT2D eigenvalue weighted by atomic mass is 16.8. The lowest BCUT2D eigenvalue weighted by Gasteiger charge is -2.18. The molecule has 10 rings (SSSR count). The molecule has 2 atom stereocenters. The van der Waals surface area contributed by atoms with E-state index < -0.39 is 6.16 Å². The summed E-state index contributed by atoms with van der Waals surface area (Å²) in [4.78, 5) is 10.2. The van der Waals surface area contributed by atoms with Gasteiger partial charge in [-0.15, -0.1) is 0 Å². The number of carbonyl (C=O) groups is 1. The van der Waals surface area contributed by atoms with Crippen molar-refractivity contribution in [2.45, 2.75) is 332 Å². The Morgan fingerprint density at radius 3 is 1.09 bits per heavy atom. The summed E-state index contributed by atoms with van der Waals surface area (Å²) >= 11 is 0. The fraction of sp³-hybridized carbons (Fsp3) is 0.870. The van der Waals surface area contributed by atoms with Crippen LogP contribution in [-0.4, -0.2) is 56.9 Å². The molecule has 0 amide bonds. The van der Waals surface area contributed by atoms with E-state index in [9.17, 15) is 4.79 Å². The Balaban J connectivity index is 0.000000423. The van der Waals surface area contributed by atoms with Crippen LogP contribution >= 0.6 is 0 Å². The zero-order valence-electron chi connectivity index (χ0n) is 52.5. The van der Waals surface area contributed by atoms with Crippen LogP contribution in [0.4, 0.5) is 4.79 Å². The minimum Gasteiger partial charge on any atom is -0.430 e. The molecule has 3 aliphatic heterocycles. The molecule has 8 fully saturated rings. The molecule has 10 aliphatic rings. The molecule has 3 saturated heterocycles. The van der Waals surface area contributed by atoms with E-state index in [2.05, 4.69) is 108 Å². The molecular weight excluding hydrogens is 941 g/mol. The zero-order valence-corrected chi connectivity index (χ0v) is 52.5. The van der Waals surface area contributed by atoms with Gasteiger partial charge in [-0.2, -0.15) is 0 Å². The number of hydrogen-bond acceptors (Lipinski definition) is 7. The van der Waals surface area contributed by atoms with Gasteiger partial charge in [-0.05, 0) is 88.4 Å². The van der Waals surface area contributed by atoms with E-state index in [1.165, 1.54) is 205 Å². The molecule has 0 spiro atoms. The van der Waals surface area contributed by atoms with Gasteiger partial charge in [0.2, 0.25) is 0 Å². The summed E-state index contributed by atoms with van der Waals surface area (Å²) < 4.78 is 30.1. The number of ether oxygens (including phenoxy) is 6. The number of allylic oxidation sites excluding steroid dienone is 8. The third kappa shape index (κ3) is 38.6. The lowest BCUT2D eigenvalue weighted by molar-refractivity contribution is -0.138. The first kappa shape index (κ1) is 72.1. The van der Waals surface area contributed by atoms with Gasteiger partial charge in [-0.3, -0.25) is 0 Å². The van der Waals surface area contributed by atoms with Crippen LogP contribution in [0.3, 0.4) is 0 Å². The van der Waals surface area contributed by atoms with Gasteiger partial charge >= 0.3 is 6.16 Å². The van der Waals surface area contributed by atoms with E-state index in [-0.39, 0.29) is 18.2 Å². The van der Waals surface area contributed by atoms with Crippen molar-refractivity contribution in [3.8, 4) is 0 Å². The summed E-state index contributed by atoms with van der Waals surface area (Å²) in [7, 11) is 0. The summed E-state index contributed by atoms with van der Waals surface area (Å²) in [5, 5.41) is 0. The molecular formula is C69H128O7. The first-order valence-corrected chi connectivity index (χ1v) is 33.0. The molecule has 0 aromatic heterocycles. The minimum absolute atomic E-state index is 0.00231. The Morgan fingerprint density at radius 1 is 0.487 bits per heavy atom. The first-order chi connectivity index (χ1) is 36.9. The molecule has 7 heteroatoms. The summed E-state index contributed by atoms with van der Waals surface area (Å²) in [5.41, 5.74) is 3.04. The molecule has 0 bridgehead atoms. The number of rotatable bonds is 10. The highest BCUT2D eigenvalue weighted by Gasteiger charge is 2.31. The Kier molecular flexibility index (Phi) is 46.4. The lowest BCUT2D eigenvalue weighted by Crippen LogP contribution is -2.21. The monoisotopic (exact) mass is 1070 g/mol. The van der Waals surface area contributed by atoms with Gasteiger partial charge in [0.25, 0.3) is 0 Å². The van der Waals surface area contributed by atoms with Crippen molar-refractivity contribution in [1.29, 1.82) is 0 Å². The van der Waals surface area contributed by atoms with Gasteiger partial charge in [0.1, 0.15) is 12.7 Å². The lowest BCUT2D eigenvalue weighted by atomic mass is 9.88. The summed E-state index contributed by atoms with van der Waals surface area (Å²) in [6.45, 7) is 28.7. The largest absolute Gasteiger partial charge is 0.508 e. The average Bonchev–Trinajstić information content (AvgIpc) is 4.33. The van der Waals surface area contributed by atoms with Crippen molar-refractivity contribution in [2.24, 2.45) is 29.6 Å². The number of carbonyl (C=O) groups excluding carboxylic acids is 1. The molecule has 0 aromatic carbocycles. The predicted octanol–water partition coefficient (Wildman–Crippen LogP) is 21.9. The molecule has 0 aromatic rings. The third-order valence-electron chi connectivity index (χ3n) is 17.2. The molecule has 3 heterocycles. The predicted molar refractivity (Wildman–Crippen MR) is 327 cm³/mol. The molecule has 446 valence electrons. The van der Waals surface area contributed by atoms with Gasteiger partial charge in [-0.25, -0.2) is 4.79 Å². The van der Waals surface area contributed by atoms with E-state index in [4.69, 9.17) is 18.9 Å². The summed E-state index contributed by atoms with van der Waals surface area (Å²) in [6.07, 6.45) is 62.3. The van der Waals surface area contributed by atoms with Crippen LogP contribution in [-0.2, 0) is 28.4 Å². The van der Waals surface area contributed by atoms with E-state index in [0.29, 0.717) is 12.7 Å². The molecule has 7 nitrogen and oxygen atoms in total. The molecule has 5 saturated carbocycles. The highest BCUT2D eigenvalue weighted by molar-refractivity contribution is 5.61. The van der Waals surface area contributed by atoms with Crippen molar-refractivity contribution in [3.63, 3.8) is 0 Å². The van der Waals surface area contributed by atoms with Crippen molar-refractivity contribution in [3.05, 3.63) is 47.6 Å². The summed E-state index contributed by atoms with van der Waals surface area (Å²) in [6, 6.07) is 0. The fourth-order valence-corrected chi connectivity index (χ4v) is 11.3. The zero-order chi connectivity index (χ0) is 55.9. The average molecular weight is 1070 g/mol. The standard InChI is InChI=1S/3C8H16.C7H14O2.2C7H14.2C7H10.C5H8O3.C5H10O2/c3*1-2-8-6-4-3-5-7-8;1-4-6-5-8-7(2,3)9-6;4*1-2-7-5-3-4-6-7;1-2-4-3-7-5(6)8-4;1-2-5-6-3-4-7-5/h3*8H,2-7H2,1H3;6H,4-5H2,1-3H3;2*7H,2-6H2,1H3;3,5-6H,2,4H2,1H3;3-5H,2,6H2,1H3;4H,2-3H2,1H3;5H,2-4H2,1H3. The second kappa shape index (κ2) is 48.9. The van der Waals surface area contributed by atoms with Gasteiger partial charge in [0.15, 0.2) is 12.1 Å². The van der Waals surface area contributed by atoms with Crippen LogP contribution in [0, 0.1) is 29.6 Å². The number of hydrogen-bond donors (Lipinski definition) is 0. The third-order valence-corrected chi connectivity index (χ3v) is 17.2. The van der Waals surface area contributed by atoms with E-state index in [0.717, 1.165) is 75.1 Å². The molecule has 7 aliphatic carbocycles. The molecule has 0 radical (unpaired) electrons. The van der Waals surface area contributed by atoms with Gasteiger partial charge < -0.3 is 28.4 Å². The highest BCUT2D eigenvalue weighted by Crippen LogP contribution is 2.29. The van der Waals surface area contributed by atoms with E-state index in [1.54, 1.807) is 5.57 Å². The summed E-state index contributed by atoms with van der Waals surface area (Å²) in [5.74, 6) is 5.12. The van der Waals surface area contributed by atoms with Crippen LogP contribution in [0.2, 0.25) is 0 Å². The van der Waals surface area contributed by atoms with Crippen molar-refractivity contribution < 1.29 is 33.2 Å². The maximum Gasteiger partial charge on any atom is 0.508 e. The smallest absolute Gasteiger partial charge is 0.430 e. The van der Waals surface area contributed by atoms with Crippen LogP contribution < -0.4 is 0 Å². The second-order valence-electron chi connectivity index (χ2n) is 23.6. The molecule has 2 unspecified atom stereocenters. The van der Waals surface area contributed by atoms with Crippen LogP contribution in [0.15, 0.2) is 47.6 Å². The van der Waals surface area contributed by atoms with Crippen molar-refractivity contribution in [2.75, 3.05) is 26.4 Å². The van der Waals surface area contributed by atoms with Gasteiger partial charge in [0, 0.05) is 0 Å². The Labute approximate surface area is 473 Å². The molecule has 76 heavy (non-hydrogen) atoms.